The number of carbonyl (C=O) groups is 1. The lowest BCUT2D eigenvalue weighted by atomic mass is 10.2. The standard InChI is InChI=1S/C13H12FN3O3S/c14-10-5-11(7-12(6-10)21(15,19)20)17-13(18)4-9-2-1-3-16-8-9/h1-3,5-8H,4H2,(H,17,18)(H2,15,19,20). The van der Waals surface area contributed by atoms with Crippen molar-refractivity contribution in [2.24, 2.45) is 5.14 Å². The second-order valence-electron chi connectivity index (χ2n) is 4.31. The van der Waals surface area contributed by atoms with Crippen molar-refractivity contribution in [2.45, 2.75) is 11.3 Å². The topological polar surface area (TPSA) is 102 Å². The van der Waals surface area contributed by atoms with Gasteiger partial charge in [0.2, 0.25) is 15.9 Å². The maximum atomic E-state index is 13.4. The Morgan fingerprint density at radius 2 is 2.10 bits per heavy atom. The minimum Gasteiger partial charge on any atom is -0.326 e. The molecule has 1 amide bonds. The van der Waals surface area contributed by atoms with Gasteiger partial charge in [-0.05, 0) is 29.8 Å². The maximum Gasteiger partial charge on any atom is 0.238 e. The first kappa shape index (κ1) is 15.1. The van der Waals surface area contributed by atoms with Crippen molar-refractivity contribution in [1.82, 2.24) is 4.98 Å². The van der Waals surface area contributed by atoms with Gasteiger partial charge >= 0.3 is 0 Å². The van der Waals surface area contributed by atoms with Gasteiger partial charge in [-0.25, -0.2) is 17.9 Å². The van der Waals surface area contributed by atoms with Crippen LogP contribution in [0, 0.1) is 5.82 Å². The number of carbonyl (C=O) groups excluding carboxylic acids is 1. The van der Waals surface area contributed by atoms with E-state index < -0.39 is 26.6 Å². The molecule has 0 unspecified atom stereocenters. The van der Waals surface area contributed by atoms with Gasteiger partial charge in [0, 0.05) is 18.1 Å². The number of benzene rings is 1. The van der Waals surface area contributed by atoms with Crippen molar-refractivity contribution in [2.75, 3.05) is 5.32 Å². The average molecular weight is 309 g/mol. The molecule has 0 saturated heterocycles. The van der Waals surface area contributed by atoms with Crippen LogP contribution in [-0.2, 0) is 21.2 Å². The number of aromatic nitrogens is 1. The molecule has 21 heavy (non-hydrogen) atoms. The lowest BCUT2D eigenvalue weighted by Gasteiger charge is -2.07. The Morgan fingerprint density at radius 3 is 2.71 bits per heavy atom. The summed E-state index contributed by atoms with van der Waals surface area (Å²) in [6, 6.07) is 6.29. The maximum absolute atomic E-state index is 13.4. The molecule has 0 aliphatic carbocycles. The molecule has 3 N–H and O–H groups in total. The molecule has 2 rings (SSSR count). The van der Waals surface area contributed by atoms with E-state index in [2.05, 4.69) is 10.3 Å². The summed E-state index contributed by atoms with van der Waals surface area (Å²) >= 11 is 0. The van der Waals surface area contributed by atoms with Gasteiger partial charge in [-0.15, -0.1) is 0 Å². The van der Waals surface area contributed by atoms with Crippen molar-refractivity contribution in [3.05, 3.63) is 54.1 Å². The van der Waals surface area contributed by atoms with Crippen LogP contribution in [0.4, 0.5) is 10.1 Å². The van der Waals surface area contributed by atoms with E-state index in [9.17, 15) is 17.6 Å². The van der Waals surface area contributed by atoms with E-state index >= 15 is 0 Å². The molecule has 1 aromatic heterocycles. The molecule has 0 radical (unpaired) electrons. The SMILES string of the molecule is NS(=O)(=O)c1cc(F)cc(NC(=O)Cc2cccnc2)c1. The number of primary sulfonamides is 1. The second kappa shape index (κ2) is 5.98. The zero-order chi connectivity index (χ0) is 15.5. The number of nitrogens with zero attached hydrogens (tertiary/aromatic N) is 1. The van der Waals surface area contributed by atoms with E-state index in [1.54, 1.807) is 18.3 Å². The summed E-state index contributed by atoms with van der Waals surface area (Å²) in [6.45, 7) is 0. The normalized spacial score (nSPS) is 11.1. The number of pyridine rings is 1. The molecule has 2 aromatic rings. The number of amides is 1. The van der Waals surface area contributed by atoms with Crippen LogP contribution in [0.2, 0.25) is 0 Å². The van der Waals surface area contributed by atoms with Gasteiger partial charge in [-0.2, -0.15) is 0 Å². The summed E-state index contributed by atoms with van der Waals surface area (Å²) in [6.07, 6.45) is 3.14. The molecule has 6 nitrogen and oxygen atoms in total. The van der Waals surface area contributed by atoms with Gasteiger partial charge in [-0.3, -0.25) is 9.78 Å². The Kier molecular flexibility index (Phi) is 4.29. The molecule has 0 spiro atoms. The summed E-state index contributed by atoms with van der Waals surface area (Å²) in [5.74, 6) is -1.23. The number of hydrogen-bond acceptors (Lipinski definition) is 4. The number of halogens is 1. The van der Waals surface area contributed by atoms with Gasteiger partial charge < -0.3 is 5.32 Å². The smallest absolute Gasteiger partial charge is 0.238 e. The highest BCUT2D eigenvalue weighted by Crippen LogP contribution is 2.17. The van der Waals surface area contributed by atoms with E-state index in [0.717, 1.165) is 18.2 Å². The zero-order valence-corrected chi connectivity index (χ0v) is 11.6. The van der Waals surface area contributed by atoms with E-state index in [-0.39, 0.29) is 12.1 Å². The summed E-state index contributed by atoms with van der Waals surface area (Å²) < 4.78 is 35.8. The average Bonchev–Trinajstić information content (AvgIpc) is 2.37. The minimum absolute atomic E-state index is 0.0212. The molecule has 1 heterocycles. The molecular formula is C13H12FN3O3S. The third-order valence-electron chi connectivity index (χ3n) is 2.57. The largest absolute Gasteiger partial charge is 0.326 e. The molecule has 8 heteroatoms. The fraction of sp³-hybridized carbons (Fsp3) is 0.0769. The number of rotatable bonds is 4. The van der Waals surface area contributed by atoms with Gasteiger partial charge in [0.25, 0.3) is 0 Å². The highest BCUT2D eigenvalue weighted by molar-refractivity contribution is 7.89. The number of hydrogen-bond donors (Lipinski definition) is 2. The third-order valence-corrected chi connectivity index (χ3v) is 3.46. The first-order chi connectivity index (χ1) is 9.84. The van der Waals surface area contributed by atoms with Crippen molar-refractivity contribution in [1.29, 1.82) is 0 Å². The van der Waals surface area contributed by atoms with E-state index in [4.69, 9.17) is 5.14 Å². The summed E-state index contributed by atoms with van der Waals surface area (Å²) in [5, 5.41) is 7.35. The molecular weight excluding hydrogens is 297 g/mol. The van der Waals surface area contributed by atoms with Gasteiger partial charge in [-0.1, -0.05) is 6.07 Å². The number of anilines is 1. The Labute approximate surface area is 120 Å². The van der Waals surface area contributed by atoms with Gasteiger partial charge in [0.05, 0.1) is 11.3 Å². The lowest BCUT2D eigenvalue weighted by Crippen LogP contribution is -2.16. The first-order valence-electron chi connectivity index (χ1n) is 5.87. The quantitative estimate of drug-likeness (QED) is 0.881. The van der Waals surface area contributed by atoms with Crippen molar-refractivity contribution >= 4 is 21.6 Å². The highest BCUT2D eigenvalue weighted by atomic mass is 32.2. The Bertz CT molecular complexity index is 763. The van der Waals surface area contributed by atoms with Gasteiger partial charge in [0.15, 0.2) is 0 Å². The second-order valence-corrected chi connectivity index (χ2v) is 5.87. The van der Waals surface area contributed by atoms with Crippen LogP contribution in [-0.4, -0.2) is 19.3 Å². The molecule has 0 fully saturated rings. The number of sulfonamides is 1. The number of nitrogens with one attached hydrogen (secondary N) is 1. The fourth-order valence-electron chi connectivity index (χ4n) is 1.69. The summed E-state index contributed by atoms with van der Waals surface area (Å²) in [4.78, 5) is 15.3. The molecule has 0 bridgehead atoms. The van der Waals surface area contributed by atoms with Gasteiger partial charge in [0.1, 0.15) is 5.82 Å². The minimum atomic E-state index is -4.04. The van der Waals surface area contributed by atoms with E-state index in [1.165, 1.54) is 6.20 Å². The molecule has 0 atom stereocenters. The Hall–Kier alpha value is -2.32. The molecule has 0 aliphatic heterocycles. The van der Waals surface area contributed by atoms with Crippen molar-refractivity contribution < 1.29 is 17.6 Å². The molecule has 0 saturated carbocycles. The van der Waals surface area contributed by atoms with Crippen LogP contribution in [0.1, 0.15) is 5.56 Å². The number of nitrogens with two attached hydrogens (primary N) is 1. The highest BCUT2D eigenvalue weighted by Gasteiger charge is 2.12. The fourth-order valence-corrected chi connectivity index (χ4v) is 2.26. The Balaban J connectivity index is 2.16. The van der Waals surface area contributed by atoms with Crippen LogP contribution < -0.4 is 10.5 Å². The first-order valence-corrected chi connectivity index (χ1v) is 7.41. The van der Waals surface area contributed by atoms with E-state index in [0.29, 0.717) is 5.56 Å². The summed E-state index contributed by atoms with van der Waals surface area (Å²) in [5.41, 5.74) is 0.700. The van der Waals surface area contributed by atoms with Crippen LogP contribution in [0.25, 0.3) is 0 Å². The monoisotopic (exact) mass is 309 g/mol. The molecule has 0 aliphatic rings. The Morgan fingerprint density at radius 1 is 1.33 bits per heavy atom. The van der Waals surface area contributed by atoms with Crippen LogP contribution in [0.15, 0.2) is 47.6 Å². The molecule has 1 aromatic carbocycles. The summed E-state index contributed by atoms with van der Waals surface area (Å²) in [7, 11) is -4.04. The van der Waals surface area contributed by atoms with Crippen molar-refractivity contribution in [3.8, 4) is 0 Å². The third kappa shape index (κ3) is 4.33. The zero-order valence-electron chi connectivity index (χ0n) is 10.8. The predicted molar refractivity (Wildman–Crippen MR) is 74.3 cm³/mol. The van der Waals surface area contributed by atoms with E-state index in [1.807, 2.05) is 0 Å². The predicted octanol–water partition coefficient (Wildman–Crippen LogP) is 1.05. The lowest BCUT2D eigenvalue weighted by molar-refractivity contribution is -0.115. The van der Waals surface area contributed by atoms with Crippen molar-refractivity contribution in [3.63, 3.8) is 0 Å². The molecule has 110 valence electrons. The van der Waals surface area contributed by atoms with Crippen LogP contribution in [0.5, 0.6) is 0 Å². The van der Waals surface area contributed by atoms with Crippen LogP contribution >= 0.6 is 0 Å². The van der Waals surface area contributed by atoms with Crippen LogP contribution in [0.3, 0.4) is 0 Å².